The summed E-state index contributed by atoms with van der Waals surface area (Å²) in [6.07, 6.45) is 3.71. The number of benzene rings is 1. The fourth-order valence-electron chi connectivity index (χ4n) is 3.13. The molecule has 4 rings (SSSR count). The highest BCUT2D eigenvalue weighted by atomic mass is 16.5. The number of morpholine rings is 1. The minimum absolute atomic E-state index is 0. The van der Waals surface area contributed by atoms with Crippen molar-refractivity contribution in [3.63, 3.8) is 0 Å². The van der Waals surface area contributed by atoms with Crippen LogP contribution in [-0.4, -0.2) is 49.1 Å². The number of anilines is 2. The summed E-state index contributed by atoms with van der Waals surface area (Å²) in [5.74, 6) is 2.44. The predicted octanol–water partition coefficient (Wildman–Crippen LogP) is 3.66. The first-order valence-electron chi connectivity index (χ1n) is 10.2. The van der Waals surface area contributed by atoms with Gasteiger partial charge < -0.3 is 29.9 Å². The van der Waals surface area contributed by atoms with Crippen molar-refractivity contribution in [1.82, 2.24) is 9.97 Å². The number of nitrogens with zero attached hydrogens (tertiary/aromatic N) is 3. The van der Waals surface area contributed by atoms with Crippen LogP contribution in [0.25, 0.3) is 0 Å². The smallest absolute Gasteiger partial charge is 0.217 e. The molecule has 0 spiro atoms. The quantitative estimate of drug-likeness (QED) is 0.580. The summed E-state index contributed by atoms with van der Waals surface area (Å²) in [5.41, 5.74) is 9.06. The monoisotopic (exact) mass is 425 g/mol. The van der Waals surface area contributed by atoms with Crippen molar-refractivity contribution < 1.29 is 15.3 Å². The SMILES string of the molecule is Cc1cccc(C=N)c1.Cc1ncc(CCOc2cc(N3CCOCC3)cc(N)n2)o1.[HH]. The van der Waals surface area contributed by atoms with Crippen molar-refractivity contribution in [3.05, 3.63) is 65.4 Å². The molecule has 3 heterocycles. The van der Waals surface area contributed by atoms with Crippen molar-refractivity contribution >= 4 is 17.7 Å². The van der Waals surface area contributed by atoms with E-state index in [1.165, 1.54) is 11.8 Å². The van der Waals surface area contributed by atoms with Crippen LogP contribution in [0.5, 0.6) is 5.88 Å². The molecular formula is C23H31N5O3. The Balaban J connectivity index is 0.000000307. The number of oxazole rings is 1. The first-order chi connectivity index (χ1) is 15.0. The van der Waals surface area contributed by atoms with Crippen LogP contribution in [0.15, 0.2) is 47.0 Å². The minimum Gasteiger partial charge on any atom is -0.477 e. The molecule has 0 atom stereocenters. The zero-order valence-electron chi connectivity index (χ0n) is 18.0. The molecule has 31 heavy (non-hydrogen) atoms. The highest BCUT2D eigenvalue weighted by Gasteiger charge is 2.13. The van der Waals surface area contributed by atoms with Crippen LogP contribution in [-0.2, 0) is 11.2 Å². The Bertz CT molecular complexity index is 989. The van der Waals surface area contributed by atoms with Crippen molar-refractivity contribution in [1.29, 1.82) is 5.41 Å². The fourth-order valence-corrected chi connectivity index (χ4v) is 3.13. The number of hydrogen-bond acceptors (Lipinski definition) is 8. The second-order valence-electron chi connectivity index (χ2n) is 7.19. The van der Waals surface area contributed by atoms with Gasteiger partial charge in [0.15, 0.2) is 5.89 Å². The van der Waals surface area contributed by atoms with E-state index < -0.39 is 0 Å². The lowest BCUT2D eigenvalue weighted by molar-refractivity contribution is 0.122. The van der Waals surface area contributed by atoms with Crippen LogP contribution in [0.2, 0.25) is 0 Å². The highest BCUT2D eigenvalue weighted by molar-refractivity contribution is 5.76. The van der Waals surface area contributed by atoms with E-state index >= 15 is 0 Å². The third kappa shape index (κ3) is 7.11. The molecule has 0 bridgehead atoms. The number of nitrogen functional groups attached to an aromatic ring is 1. The van der Waals surface area contributed by atoms with Crippen molar-refractivity contribution in [3.8, 4) is 5.88 Å². The molecule has 1 saturated heterocycles. The second-order valence-corrected chi connectivity index (χ2v) is 7.19. The zero-order valence-corrected chi connectivity index (χ0v) is 18.0. The summed E-state index contributed by atoms with van der Waals surface area (Å²) in [6, 6.07) is 11.6. The summed E-state index contributed by atoms with van der Waals surface area (Å²) in [4.78, 5) is 10.5. The third-order valence-electron chi connectivity index (χ3n) is 4.66. The van der Waals surface area contributed by atoms with E-state index in [9.17, 15) is 0 Å². The molecule has 8 nitrogen and oxygen atoms in total. The highest BCUT2D eigenvalue weighted by Crippen LogP contribution is 2.23. The standard InChI is InChI=1S/C15H20N4O3.C8H9N.H2/c1-11-17-10-13(22-11)2-5-21-15-9-12(8-14(16)18-15)19-3-6-20-7-4-19;1-7-3-2-4-8(5-7)6-9;/h8-10H,2-7H2,1H3,(H2,16,18);2-6,9H,1H3;1H. The molecule has 0 amide bonds. The largest absolute Gasteiger partial charge is 0.477 e. The molecule has 8 heteroatoms. The van der Waals surface area contributed by atoms with Gasteiger partial charge in [0.1, 0.15) is 11.6 Å². The van der Waals surface area contributed by atoms with Crippen LogP contribution in [0, 0.1) is 19.3 Å². The Morgan fingerprint density at radius 1 is 1.23 bits per heavy atom. The molecule has 3 aromatic rings. The van der Waals surface area contributed by atoms with E-state index in [4.69, 9.17) is 25.0 Å². The topological polar surface area (TPSA) is 110 Å². The molecule has 1 aromatic carbocycles. The van der Waals surface area contributed by atoms with Gasteiger partial charge in [0.05, 0.1) is 26.0 Å². The van der Waals surface area contributed by atoms with Gasteiger partial charge in [-0.25, -0.2) is 4.98 Å². The Labute approximate surface area is 184 Å². The summed E-state index contributed by atoms with van der Waals surface area (Å²) in [6.45, 7) is 7.45. The minimum atomic E-state index is 0. The van der Waals surface area contributed by atoms with Gasteiger partial charge in [0.2, 0.25) is 5.88 Å². The van der Waals surface area contributed by atoms with Crippen LogP contribution >= 0.6 is 0 Å². The van der Waals surface area contributed by atoms with Crippen molar-refractivity contribution in [2.45, 2.75) is 20.3 Å². The molecule has 1 aliphatic rings. The predicted molar refractivity (Wildman–Crippen MR) is 123 cm³/mol. The summed E-state index contributed by atoms with van der Waals surface area (Å²) in [7, 11) is 0. The average molecular weight is 426 g/mol. The molecule has 1 fully saturated rings. The van der Waals surface area contributed by atoms with Crippen LogP contribution < -0.4 is 15.4 Å². The van der Waals surface area contributed by atoms with E-state index in [0.717, 1.165) is 43.3 Å². The van der Waals surface area contributed by atoms with E-state index in [1.54, 1.807) is 6.20 Å². The van der Waals surface area contributed by atoms with E-state index in [2.05, 4.69) is 14.9 Å². The Morgan fingerprint density at radius 2 is 2.03 bits per heavy atom. The lowest BCUT2D eigenvalue weighted by Gasteiger charge is -2.29. The molecule has 166 valence electrons. The fraction of sp³-hybridized carbons (Fsp3) is 0.348. The summed E-state index contributed by atoms with van der Waals surface area (Å²) in [5, 5.41) is 6.92. The van der Waals surface area contributed by atoms with Gasteiger partial charge in [0, 0.05) is 51.9 Å². The second kappa shape index (κ2) is 11.1. The maximum atomic E-state index is 6.92. The maximum absolute atomic E-state index is 6.92. The van der Waals surface area contributed by atoms with Gasteiger partial charge in [-0.15, -0.1) is 0 Å². The van der Waals surface area contributed by atoms with Gasteiger partial charge in [-0.1, -0.05) is 29.8 Å². The molecule has 0 aliphatic carbocycles. The molecular weight excluding hydrogens is 394 g/mol. The third-order valence-corrected chi connectivity index (χ3v) is 4.66. The molecule has 3 N–H and O–H groups in total. The molecule has 0 unspecified atom stereocenters. The average Bonchev–Trinajstić information content (AvgIpc) is 3.19. The van der Waals surface area contributed by atoms with E-state index in [-0.39, 0.29) is 1.43 Å². The zero-order chi connectivity index (χ0) is 22.1. The van der Waals surface area contributed by atoms with Gasteiger partial charge in [-0.3, -0.25) is 0 Å². The van der Waals surface area contributed by atoms with E-state index in [0.29, 0.717) is 30.6 Å². The number of hydrogen-bond donors (Lipinski definition) is 2. The lowest BCUT2D eigenvalue weighted by Crippen LogP contribution is -2.36. The number of nitrogens with one attached hydrogen (secondary N) is 1. The first kappa shape index (κ1) is 22.3. The van der Waals surface area contributed by atoms with Gasteiger partial charge in [-0.05, 0) is 12.5 Å². The van der Waals surface area contributed by atoms with Crippen LogP contribution in [0.4, 0.5) is 11.5 Å². The maximum Gasteiger partial charge on any atom is 0.217 e. The van der Waals surface area contributed by atoms with Crippen molar-refractivity contribution in [2.24, 2.45) is 0 Å². The molecule has 2 aromatic heterocycles. The van der Waals surface area contributed by atoms with Gasteiger partial charge in [-0.2, -0.15) is 4.98 Å². The number of pyridine rings is 1. The summed E-state index contributed by atoms with van der Waals surface area (Å²) < 4.78 is 16.5. The molecule has 1 aliphatic heterocycles. The number of aromatic nitrogens is 2. The number of nitrogens with two attached hydrogens (primary N) is 1. The Hall–Kier alpha value is -3.39. The number of aryl methyl sites for hydroxylation is 2. The summed E-state index contributed by atoms with van der Waals surface area (Å²) >= 11 is 0. The Morgan fingerprint density at radius 3 is 2.68 bits per heavy atom. The normalized spacial score (nSPS) is 13.3. The Kier molecular flexibility index (Phi) is 8.00. The van der Waals surface area contributed by atoms with Gasteiger partial charge >= 0.3 is 0 Å². The number of rotatable bonds is 6. The van der Waals surface area contributed by atoms with E-state index in [1.807, 2.05) is 50.2 Å². The number of ether oxygens (including phenoxy) is 2. The first-order valence-corrected chi connectivity index (χ1v) is 10.2. The van der Waals surface area contributed by atoms with Crippen LogP contribution in [0.1, 0.15) is 24.2 Å². The molecule has 0 saturated carbocycles. The molecule has 0 radical (unpaired) electrons. The van der Waals surface area contributed by atoms with Crippen LogP contribution in [0.3, 0.4) is 0 Å². The lowest BCUT2D eigenvalue weighted by atomic mass is 10.2. The van der Waals surface area contributed by atoms with Gasteiger partial charge in [0.25, 0.3) is 0 Å². The van der Waals surface area contributed by atoms with Crippen molar-refractivity contribution in [2.75, 3.05) is 43.5 Å².